The van der Waals surface area contributed by atoms with Crippen LogP contribution in [0.3, 0.4) is 0 Å². The van der Waals surface area contributed by atoms with Crippen LogP contribution in [0.4, 0.5) is 4.39 Å². The lowest BCUT2D eigenvalue weighted by Crippen LogP contribution is -2.38. The van der Waals surface area contributed by atoms with Crippen LogP contribution in [-0.2, 0) is 16.1 Å². The van der Waals surface area contributed by atoms with Crippen LogP contribution in [0.2, 0.25) is 0 Å². The highest BCUT2D eigenvalue weighted by atomic mass is 35.5. The number of rotatable bonds is 4. The Hall–Kier alpha value is -2.77. The molecule has 3 N–H and O–H groups in total. The summed E-state index contributed by atoms with van der Waals surface area (Å²) in [6, 6.07) is 13.3. The lowest BCUT2D eigenvalue weighted by Gasteiger charge is -2.29. The van der Waals surface area contributed by atoms with E-state index in [4.69, 9.17) is 11.1 Å². The third kappa shape index (κ3) is 3.42. The molecule has 3 saturated heterocycles. The summed E-state index contributed by atoms with van der Waals surface area (Å²) < 4.78 is 13.6. The van der Waals surface area contributed by atoms with Crippen molar-refractivity contribution in [2.24, 2.45) is 17.6 Å². The molecule has 3 aliphatic rings. The number of nitrogens with one attached hydrogen (secondary N) is 1. The molecule has 4 atom stereocenters. The fourth-order valence-electron chi connectivity index (χ4n) is 5.50. The molecule has 2 aromatic carbocycles. The SMILES string of the molecule is Cl.N=C(N)c1ccc([C@H]2[C@H]3C(=O)N(Cc4cccc(F)c4)C(=O)[C@H]3[C@@H]3CCCN32)cc1. The maximum Gasteiger partial charge on any atom is 0.235 e. The Kier molecular flexibility index (Phi) is 5.58. The Labute approximate surface area is 186 Å². The number of carbonyl (C=O) groups excluding carboxylic acids is 2. The van der Waals surface area contributed by atoms with E-state index >= 15 is 0 Å². The van der Waals surface area contributed by atoms with Gasteiger partial charge in [0.05, 0.1) is 18.4 Å². The summed E-state index contributed by atoms with van der Waals surface area (Å²) in [5, 5.41) is 7.59. The largest absolute Gasteiger partial charge is 0.384 e. The Balaban J connectivity index is 0.00000231. The van der Waals surface area contributed by atoms with Crippen molar-refractivity contribution >= 4 is 30.1 Å². The van der Waals surface area contributed by atoms with Crippen LogP contribution in [0.25, 0.3) is 0 Å². The average Bonchev–Trinajstić information content (AvgIpc) is 3.37. The van der Waals surface area contributed by atoms with Gasteiger partial charge in [-0.05, 0) is 42.6 Å². The highest BCUT2D eigenvalue weighted by Crippen LogP contribution is 2.53. The van der Waals surface area contributed by atoms with Gasteiger partial charge in [0, 0.05) is 17.6 Å². The molecule has 0 unspecified atom stereocenters. The average molecular weight is 443 g/mol. The minimum atomic E-state index is -0.431. The summed E-state index contributed by atoms with van der Waals surface area (Å²) in [6.45, 7) is 0.965. The number of imide groups is 1. The smallest absolute Gasteiger partial charge is 0.235 e. The van der Waals surface area contributed by atoms with Gasteiger partial charge in [-0.2, -0.15) is 0 Å². The predicted molar refractivity (Wildman–Crippen MR) is 116 cm³/mol. The van der Waals surface area contributed by atoms with Crippen molar-refractivity contribution in [3.8, 4) is 0 Å². The molecule has 0 aromatic heterocycles. The first-order valence-electron chi connectivity index (χ1n) is 10.3. The van der Waals surface area contributed by atoms with Gasteiger partial charge >= 0.3 is 0 Å². The van der Waals surface area contributed by atoms with Crippen molar-refractivity contribution in [3.05, 3.63) is 71.0 Å². The molecule has 3 fully saturated rings. The molecule has 6 nitrogen and oxygen atoms in total. The number of likely N-dealkylation sites (tertiary alicyclic amines) is 1. The second-order valence-electron chi connectivity index (χ2n) is 8.37. The molecule has 162 valence electrons. The van der Waals surface area contributed by atoms with Crippen molar-refractivity contribution in [2.45, 2.75) is 31.5 Å². The maximum absolute atomic E-state index is 13.6. The highest BCUT2D eigenvalue weighted by Gasteiger charge is 2.62. The van der Waals surface area contributed by atoms with Crippen LogP contribution < -0.4 is 5.73 Å². The first-order valence-corrected chi connectivity index (χ1v) is 10.3. The Bertz CT molecular complexity index is 1040. The minimum Gasteiger partial charge on any atom is -0.384 e. The van der Waals surface area contributed by atoms with E-state index in [0.717, 1.165) is 24.9 Å². The van der Waals surface area contributed by atoms with Gasteiger partial charge in [-0.1, -0.05) is 36.4 Å². The first kappa shape index (κ1) is 21.5. The van der Waals surface area contributed by atoms with Gasteiger partial charge in [-0.3, -0.25) is 24.8 Å². The van der Waals surface area contributed by atoms with Gasteiger partial charge < -0.3 is 5.73 Å². The number of halogens is 2. The fraction of sp³-hybridized carbons (Fsp3) is 0.348. The van der Waals surface area contributed by atoms with Crippen molar-refractivity contribution in [1.82, 2.24) is 9.80 Å². The zero-order valence-corrected chi connectivity index (χ0v) is 17.6. The third-order valence-corrected chi connectivity index (χ3v) is 6.74. The molecular weight excluding hydrogens is 419 g/mol. The van der Waals surface area contributed by atoms with E-state index in [1.165, 1.54) is 17.0 Å². The standard InChI is InChI=1S/C23H23FN4O2.ClH/c24-16-4-1-3-13(11-16)12-28-22(29)18-17-5-2-10-27(17)20(19(18)23(28)30)14-6-8-15(9-7-14)21(25)26;/h1,3-4,6-9,11,17-20H,2,5,10,12H2,(H3,25,26);1H/t17-,18-,19-,20-;/m0./s1. The molecule has 5 rings (SSSR count). The Morgan fingerprint density at radius 2 is 1.81 bits per heavy atom. The lowest BCUT2D eigenvalue weighted by molar-refractivity contribution is -0.142. The number of amides is 2. The van der Waals surface area contributed by atoms with Crippen LogP contribution >= 0.6 is 12.4 Å². The number of nitrogens with zero attached hydrogens (tertiary/aromatic N) is 2. The molecular formula is C23H24ClFN4O2. The summed E-state index contributed by atoms with van der Waals surface area (Å²) in [5.41, 5.74) is 7.78. The molecule has 0 radical (unpaired) electrons. The van der Waals surface area contributed by atoms with Gasteiger partial charge in [0.15, 0.2) is 0 Å². The number of nitrogen functional groups attached to an aromatic ring is 1. The number of hydrogen-bond acceptors (Lipinski definition) is 4. The van der Waals surface area contributed by atoms with Gasteiger partial charge in [0.25, 0.3) is 0 Å². The zero-order chi connectivity index (χ0) is 21.0. The van der Waals surface area contributed by atoms with E-state index in [1.54, 1.807) is 24.3 Å². The first-order chi connectivity index (χ1) is 14.5. The van der Waals surface area contributed by atoms with Crippen LogP contribution in [0.1, 0.15) is 35.6 Å². The Morgan fingerprint density at radius 3 is 2.48 bits per heavy atom. The molecule has 0 saturated carbocycles. The summed E-state index contributed by atoms with van der Waals surface area (Å²) in [5.74, 6) is -1.49. The van der Waals surface area contributed by atoms with E-state index in [1.807, 2.05) is 12.1 Å². The number of hydrogen-bond donors (Lipinski definition) is 2. The predicted octanol–water partition coefficient (Wildman–Crippen LogP) is 2.85. The normalized spacial score (nSPS) is 27.2. The van der Waals surface area contributed by atoms with Crippen molar-refractivity contribution in [1.29, 1.82) is 5.41 Å². The van der Waals surface area contributed by atoms with Gasteiger partial charge in [0.2, 0.25) is 11.8 Å². The molecule has 3 heterocycles. The number of carbonyl (C=O) groups is 2. The summed E-state index contributed by atoms with van der Waals surface area (Å²) in [6.07, 6.45) is 1.90. The van der Waals surface area contributed by atoms with Crippen LogP contribution in [0, 0.1) is 23.1 Å². The van der Waals surface area contributed by atoms with Crippen LogP contribution in [-0.4, -0.2) is 40.0 Å². The van der Waals surface area contributed by atoms with Crippen molar-refractivity contribution in [3.63, 3.8) is 0 Å². The number of nitrogens with two attached hydrogens (primary N) is 1. The van der Waals surface area contributed by atoms with Gasteiger partial charge in [-0.25, -0.2) is 4.39 Å². The number of benzene rings is 2. The van der Waals surface area contributed by atoms with Crippen molar-refractivity contribution in [2.75, 3.05) is 6.54 Å². The molecule has 8 heteroatoms. The molecule has 2 amide bonds. The van der Waals surface area contributed by atoms with Crippen LogP contribution in [0.5, 0.6) is 0 Å². The van der Waals surface area contributed by atoms with Crippen LogP contribution in [0.15, 0.2) is 48.5 Å². The summed E-state index contributed by atoms with van der Waals surface area (Å²) >= 11 is 0. The number of fused-ring (bicyclic) bond motifs is 3. The Morgan fingerprint density at radius 1 is 1.10 bits per heavy atom. The van der Waals surface area contributed by atoms with E-state index in [-0.39, 0.29) is 60.4 Å². The topological polar surface area (TPSA) is 90.5 Å². The number of amidine groups is 1. The lowest BCUT2D eigenvalue weighted by atomic mass is 9.85. The second kappa shape index (κ2) is 8.05. The molecule has 0 aliphatic carbocycles. The highest BCUT2D eigenvalue weighted by molar-refractivity contribution is 6.06. The summed E-state index contributed by atoms with van der Waals surface area (Å²) in [4.78, 5) is 30.3. The van der Waals surface area contributed by atoms with E-state index < -0.39 is 5.92 Å². The van der Waals surface area contributed by atoms with E-state index in [0.29, 0.717) is 11.1 Å². The molecule has 3 aliphatic heterocycles. The molecule has 31 heavy (non-hydrogen) atoms. The fourth-order valence-corrected chi connectivity index (χ4v) is 5.50. The summed E-state index contributed by atoms with van der Waals surface area (Å²) in [7, 11) is 0. The van der Waals surface area contributed by atoms with E-state index in [9.17, 15) is 14.0 Å². The van der Waals surface area contributed by atoms with Gasteiger partial charge in [0.1, 0.15) is 11.7 Å². The third-order valence-electron chi connectivity index (χ3n) is 6.74. The van der Waals surface area contributed by atoms with Gasteiger partial charge in [-0.15, -0.1) is 12.4 Å². The van der Waals surface area contributed by atoms with Crippen molar-refractivity contribution < 1.29 is 14.0 Å². The molecule has 2 aromatic rings. The molecule has 0 bridgehead atoms. The monoisotopic (exact) mass is 442 g/mol. The zero-order valence-electron chi connectivity index (χ0n) is 16.8. The minimum absolute atomic E-state index is 0. The van der Waals surface area contributed by atoms with E-state index in [2.05, 4.69) is 4.90 Å². The quantitative estimate of drug-likeness (QED) is 0.433. The maximum atomic E-state index is 13.6. The second-order valence-corrected chi connectivity index (χ2v) is 8.37. The molecule has 0 spiro atoms.